The van der Waals surface area contributed by atoms with Crippen molar-refractivity contribution < 1.29 is 22.5 Å². The van der Waals surface area contributed by atoms with Crippen LogP contribution in [0.3, 0.4) is 0 Å². The van der Waals surface area contributed by atoms with Crippen LogP contribution < -0.4 is 0 Å². The molecule has 0 aliphatic carbocycles. The zero-order valence-corrected chi connectivity index (χ0v) is 17.4. The molecule has 9 heteroatoms. The number of carbonyl (C=O) groups is 1. The van der Waals surface area contributed by atoms with E-state index in [1.807, 2.05) is 12.1 Å². The molecule has 152 valence electrons. The number of nitrogens with zero attached hydrogens (tertiary/aromatic N) is 2. The third-order valence-electron chi connectivity index (χ3n) is 3.92. The lowest BCUT2D eigenvalue weighted by molar-refractivity contribution is 0.0501. The summed E-state index contributed by atoms with van der Waals surface area (Å²) in [6, 6.07) is 15.3. The van der Waals surface area contributed by atoms with Crippen molar-refractivity contribution in [2.45, 2.75) is 28.9 Å². The van der Waals surface area contributed by atoms with Crippen LogP contribution in [-0.4, -0.2) is 36.9 Å². The molecular formula is C20H20N2O5S2. The van der Waals surface area contributed by atoms with Crippen molar-refractivity contribution >= 4 is 27.6 Å². The molecule has 3 aromatic rings. The van der Waals surface area contributed by atoms with Crippen LogP contribution in [0.15, 0.2) is 68.9 Å². The van der Waals surface area contributed by atoms with E-state index >= 15 is 0 Å². The first-order valence-electron chi connectivity index (χ1n) is 8.91. The summed E-state index contributed by atoms with van der Waals surface area (Å²) in [5.74, 6) is 0.880. The summed E-state index contributed by atoms with van der Waals surface area (Å²) in [5.41, 5.74) is 0.416. The van der Waals surface area contributed by atoms with Crippen LogP contribution in [0.2, 0.25) is 0 Å². The molecule has 2 aromatic carbocycles. The van der Waals surface area contributed by atoms with E-state index in [0.29, 0.717) is 23.0 Å². The van der Waals surface area contributed by atoms with Crippen molar-refractivity contribution in [1.29, 1.82) is 0 Å². The van der Waals surface area contributed by atoms with Gasteiger partial charge in [-0.1, -0.05) is 35.5 Å². The van der Waals surface area contributed by atoms with Gasteiger partial charge in [0.25, 0.3) is 0 Å². The van der Waals surface area contributed by atoms with Crippen molar-refractivity contribution in [2.24, 2.45) is 0 Å². The largest absolute Gasteiger partial charge is 0.462 e. The molecule has 0 aliphatic heterocycles. The van der Waals surface area contributed by atoms with Gasteiger partial charge >= 0.3 is 5.97 Å². The molecule has 1 heterocycles. The average Bonchev–Trinajstić information content (AvgIpc) is 3.15. The topological polar surface area (TPSA) is 99.4 Å². The summed E-state index contributed by atoms with van der Waals surface area (Å²) in [7, 11) is -3.39. The van der Waals surface area contributed by atoms with Gasteiger partial charge < -0.3 is 9.26 Å². The van der Waals surface area contributed by atoms with Crippen LogP contribution in [0.5, 0.6) is 0 Å². The zero-order valence-electron chi connectivity index (χ0n) is 15.8. The molecule has 0 saturated carbocycles. The number of ether oxygens (including phenoxy) is 1. The standard InChI is InChI=1S/C20H20N2O5S2/c1-15-21-19(27-22-15)14-28-18-11-6-5-10-17(18)20(23)26-12-7-13-29(24,25)16-8-3-2-4-9-16/h2-6,8-11H,7,12-14H2,1H3. The van der Waals surface area contributed by atoms with E-state index in [1.165, 1.54) is 11.8 Å². The Bertz CT molecular complexity index is 1070. The highest BCUT2D eigenvalue weighted by Crippen LogP contribution is 2.26. The zero-order chi connectivity index (χ0) is 20.7. The molecule has 0 aliphatic rings. The van der Waals surface area contributed by atoms with Gasteiger partial charge in [0.15, 0.2) is 15.7 Å². The minimum atomic E-state index is -3.39. The third-order valence-corrected chi connectivity index (χ3v) is 6.80. The Hall–Kier alpha value is -2.65. The Kier molecular flexibility index (Phi) is 7.05. The summed E-state index contributed by atoms with van der Waals surface area (Å²) >= 11 is 1.39. The van der Waals surface area contributed by atoms with E-state index in [1.54, 1.807) is 49.4 Å². The Morgan fingerprint density at radius 3 is 2.55 bits per heavy atom. The second-order valence-corrected chi connectivity index (χ2v) is 9.27. The summed E-state index contributed by atoms with van der Waals surface area (Å²) in [5, 5.41) is 3.74. The van der Waals surface area contributed by atoms with Gasteiger partial charge in [-0.2, -0.15) is 4.98 Å². The van der Waals surface area contributed by atoms with Gasteiger partial charge in [-0.15, -0.1) is 11.8 Å². The normalized spacial score (nSPS) is 11.3. The SMILES string of the molecule is Cc1noc(CSc2ccccc2C(=O)OCCCS(=O)(=O)c2ccccc2)n1. The first kappa shape index (κ1) is 21.1. The lowest BCUT2D eigenvalue weighted by Crippen LogP contribution is -2.12. The van der Waals surface area contributed by atoms with E-state index in [9.17, 15) is 13.2 Å². The number of sulfone groups is 1. The number of aryl methyl sites for hydroxylation is 1. The monoisotopic (exact) mass is 432 g/mol. The van der Waals surface area contributed by atoms with Gasteiger partial charge in [0.05, 0.1) is 28.6 Å². The fraction of sp³-hybridized carbons (Fsp3) is 0.250. The number of rotatable bonds is 9. The number of carbonyl (C=O) groups excluding carboxylic acids is 1. The predicted molar refractivity (Wildman–Crippen MR) is 108 cm³/mol. The van der Waals surface area contributed by atoms with Crippen molar-refractivity contribution in [2.75, 3.05) is 12.4 Å². The molecule has 0 atom stereocenters. The minimum absolute atomic E-state index is 0.0206. The summed E-state index contributed by atoms with van der Waals surface area (Å²) in [4.78, 5) is 17.6. The lowest BCUT2D eigenvalue weighted by atomic mass is 10.2. The van der Waals surface area contributed by atoms with Crippen LogP contribution in [0.4, 0.5) is 0 Å². The highest BCUT2D eigenvalue weighted by molar-refractivity contribution is 7.98. The van der Waals surface area contributed by atoms with E-state index in [4.69, 9.17) is 9.26 Å². The number of hydrogen-bond donors (Lipinski definition) is 0. The Labute approximate surface area is 173 Å². The molecule has 0 amide bonds. The second kappa shape index (κ2) is 9.71. The maximum absolute atomic E-state index is 12.4. The lowest BCUT2D eigenvalue weighted by Gasteiger charge is -2.09. The van der Waals surface area contributed by atoms with Crippen LogP contribution in [0.25, 0.3) is 0 Å². The van der Waals surface area contributed by atoms with E-state index in [2.05, 4.69) is 10.1 Å². The van der Waals surface area contributed by atoms with E-state index in [-0.39, 0.29) is 23.7 Å². The van der Waals surface area contributed by atoms with Gasteiger partial charge in [0.1, 0.15) is 0 Å². The molecule has 29 heavy (non-hydrogen) atoms. The van der Waals surface area contributed by atoms with Gasteiger partial charge in [-0.25, -0.2) is 13.2 Å². The highest BCUT2D eigenvalue weighted by Gasteiger charge is 2.16. The first-order chi connectivity index (χ1) is 14.0. The third kappa shape index (κ3) is 5.91. The maximum Gasteiger partial charge on any atom is 0.339 e. The number of hydrogen-bond acceptors (Lipinski definition) is 8. The molecule has 0 fully saturated rings. The number of aromatic nitrogens is 2. The first-order valence-corrected chi connectivity index (χ1v) is 11.6. The van der Waals surface area contributed by atoms with Crippen LogP contribution >= 0.6 is 11.8 Å². The van der Waals surface area contributed by atoms with Gasteiger partial charge in [0, 0.05) is 4.90 Å². The smallest absolute Gasteiger partial charge is 0.339 e. The van der Waals surface area contributed by atoms with Crippen molar-refractivity contribution in [3.8, 4) is 0 Å². The Balaban J connectivity index is 1.53. The molecule has 0 unspecified atom stereocenters. The Morgan fingerprint density at radius 1 is 1.10 bits per heavy atom. The van der Waals surface area contributed by atoms with Crippen molar-refractivity contribution in [1.82, 2.24) is 10.1 Å². The molecule has 7 nitrogen and oxygen atoms in total. The fourth-order valence-electron chi connectivity index (χ4n) is 2.54. The Morgan fingerprint density at radius 2 is 1.83 bits per heavy atom. The fourth-order valence-corrected chi connectivity index (χ4v) is 4.72. The second-order valence-electron chi connectivity index (χ2n) is 6.14. The predicted octanol–water partition coefficient (Wildman–Crippen LogP) is 3.69. The molecular weight excluding hydrogens is 412 g/mol. The molecule has 1 aromatic heterocycles. The number of benzene rings is 2. The van der Waals surface area contributed by atoms with E-state index < -0.39 is 15.8 Å². The minimum Gasteiger partial charge on any atom is -0.462 e. The van der Waals surface area contributed by atoms with Crippen molar-refractivity contribution in [3.63, 3.8) is 0 Å². The van der Waals surface area contributed by atoms with Gasteiger partial charge in [0.2, 0.25) is 5.89 Å². The van der Waals surface area contributed by atoms with E-state index in [0.717, 1.165) is 4.90 Å². The molecule has 0 bridgehead atoms. The average molecular weight is 433 g/mol. The van der Waals surface area contributed by atoms with Crippen LogP contribution in [0, 0.1) is 6.92 Å². The highest BCUT2D eigenvalue weighted by atomic mass is 32.2. The quantitative estimate of drug-likeness (QED) is 0.287. The summed E-state index contributed by atoms with van der Waals surface area (Å²) in [6.45, 7) is 1.76. The number of esters is 1. The van der Waals surface area contributed by atoms with Gasteiger partial charge in [-0.05, 0) is 37.6 Å². The van der Waals surface area contributed by atoms with Crippen molar-refractivity contribution in [3.05, 3.63) is 71.9 Å². The van der Waals surface area contributed by atoms with Crippen LogP contribution in [0.1, 0.15) is 28.5 Å². The molecule has 3 rings (SSSR count). The number of thioether (sulfide) groups is 1. The van der Waals surface area contributed by atoms with Gasteiger partial charge in [-0.3, -0.25) is 0 Å². The molecule has 0 N–H and O–H groups in total. The molecule has 0 spiro atoms. The maximum atomic E-state index is 12.4. The molecule has 0 saturated heterocycles. The summed E-state index contributed by atoms with van der Waals surface area (Å²) in [6.07, 6.45) is 0.222. The molecule has 0 radical (unpaired) electrons. The summed E-state index contributed by atoms with van der Waals surface area (Å²) < 4.78 is 34.9. The van der Waals surface area contributed by atoms with Crippen LogP contribution in [-0.2, 0) is 20.3 Å².